The van der Waals surface area contributed by atoms with Gasteiger partial charge >= 0.3 is 6.09 Å². The van der Waals surface area contributed by atoms with Gasteiger partial charge in [0, 0.05) is 31.6 Å². The predicted molar refractivity (Wildman–Crippen MR) is 46.3 cm³/mol. The second-order valence-corrected chi connectivity index (χ2v) is 3.68. The smallest absolute Gasteiger partial charge is 0.346 e. The number of halogens is 2. The second-order valence-electron chi connectivity index (χ2n) is 3.68. The molecule has 1 fully saturated rings. The summed E-state index contributed by atoms with van der Waals surface area (Å²) in [5, 5.41) is 0. The number of rotatable bonds is 1. The minimum Gasteiger partial charge on any atom is -0.346 e. The van der Waals surface area contributed by atoms with Crippen molar-refractivity contribution in [2.45, 2.75) is 12.1 Å². The van der Waals surface area contributed by atoms with Crippen molar-refractivity contribution < 1.29 is 23.4 Å². The molecule has 1 atom stereocenters. The molecule has 0 aromatic carbocycles. The van der Waals surface area contributed by atoms with Crippen molar-refractivity contribution in [1.82, 2.24) is 9.80 Å². The van der Waals surface area contributed by atoms with Crippen LogP contribution in [-0.4, -0.2) is 54.7 Å². The van der Waals surface area contributed by atoms with Crippen LogP contribution in [0.15, 0.2) is 0 Å². The molecule has 1 aliphatic heterocycles. The number of hydrogen-bond donors (Lipinski definition) is 0. The first-order chi connectivity index (χ1) is 6.90. The van der Waals surface area contributed by atoms with Crippen molar-refractivity contribution in [2.75, 3.05) is 27.2 Å². The monoisotopic (exact) mass is 222 g/mol. The molecule has 0 aromatic heterocycles. The van der Waals surface area contributed by atoms with Gasteiger partial charge in [-0.2, -0.15) is 0 Å². The molecule has 15 heavy (non-hydrogen) atoms. The molecule has 1 heterocycles. The minimum absolute atomic E-state index is 0.0289. The summed E-state index contributed by atoms with van der Waals surface area (Å²) >= 11 is 0. The Bertz CT molecular complexity index is 285. The quantitative estimate of drug-likeness (QED) is 0.649. The topological polar surface area (TPSA) is 49.9 Å². The molecule has 1 unspecified atom stereocenters. The number of likely N-dealkylation sites (tertiary alicyclic amines) is 1. The molecule has 7 heteroatoms. The lowest BCUT2D eigenvalue weighted by molar-refractivity contribution is -0.140. The molecule has 86 valence electrons. The van der Waals surface area contributed by atoms with Crippen LogP contribution in [0.1, 0.15) is 6.42 Å². The molecule has 0 radical (unpaired) electrons. The van der Waals surface area contributed by atoms with Crippen LogP contribution in [-0.2, 0) is 9.74 Å². The molecular weight excluding hydrogens is 210 g/mol. The van der Waals surface area contributed by atoms with Gasteiger partial charge in [-0.05, 0) is 0 Å². The van der Waals surface area contributed by atoms with Gasteiger partial charge in [-0.3, -0.25) is 4.79 Å². The third-order valence-corrected chi connectivity index (χ3v) is 2.33. The maximum absolute atomic E-state index is 13.9. The Labute approximate surface area is 85.5 Å². The first-order valence-corrected chi connectivity index (χ1v) is 4.39. The van der Waals surface area contributed by atoms with Gasteiger partial charge in [0.05, 0.1) is 6.54 Å². The van der Waals surface area contributed by atoms with E-state index in [1.165, 1.54) is 14.1 Å². The maximum Gasteiger partial charge on any atom is 0.447 e. The van der Waals surface area contributed by atoms with Crippen LogP contribution in [0, 0.1) is 0 Å². The van der Waals surface area contributed by atoms with E-state index < -0.39 is 24.2 Å². The molecule has 1 saturated heterocycles. The highest BCUT2D eigenvalue weighted by molar-refractivity contribution is 5.86. The van der Waals surface area contributed by atoms with E-state index in [2.05, 4.69) is 4.94 Å². The summed E-state index contributed by atoms with van der Waals surface area (Å²) in [6.45, 7) is -0.494. The molecule has 0 aromatic rings. The van der Waals surface area contributed by atoms with Crippen molar-refractivity contribution in [3.05, 3.63) is 0 Å². The summed E-state index contributed by atoms with van der Waals surface area (Å²) in [5.74, 6) is -0.725. The van der Waals surface area contributed by atoms with E-state index >= 15 is 0 Å². The molecular formula is C8H12F2N2O3. The first kappa shape index (κ1) is 11.7. The third kappa shape index (κ3) is 2.16. The highest BCUT2D eigenvalue weighted by Crippen LogP contribution is 2.27. The van der Waals surface area contributed by atoms with Crippen molar-refractivity contribution in [1.29, 1.82) is 0 Å². The summed E-state index contributed by atoms with van der Waals surface area (Å²) < 4.78 is 25.5. The predicted octanol–water partition coefficient (Wildman–Crippen LogP) is 0.510. The Morgan fingerprint density at radius 3 is 2.53 bits per heavy atom. The molecule has 0 aliphatic carbocycles. The molecule has 0 N–H and O–H groups in total. The minimum atomic E-state index is -2.13. The maximum atomic E-state index is 13.9. The van der Waals surface area contributed by atoms with E-state index in [0.29, 0.717) is 0 Å². The SMILES string of the molecule is CN(C)C(=O)C1(F)CCN(C(=O)OF)C1. The fourth-order valence-corrected chi connectivity index (χ4v) is 1.55. The number of carbonyl (C=O) groups is 2. The Morgan fingerprint density at radius 1 is 1.47 bits per heavy atom. The highest BCUT2D eigenvalue weighted by Gasteiger charge is 2.48. The molecule has 1 aliphatic rings. The van der Waals surface area contributed by atoms with Crippen molar-refractivity contribution in [3.8, 4) is 0 Å². The standard InChI is InChI=1S/C8H12F2N2O3/c1-11(2)6(13)8(9)3-4-12(5-8)7(14)15-10/h3-5H2,1-2H3. The fraction of sp³-hybridized carbons (Fsp3) is 0.750. The lowest BCUT2D eigenvalue weighted by Crippen LogP contribution is -2.45. The van der Waals surface area contributed by atoms with Gasteiger partial charge in [-0.1, -0.05) is 0 Å². The van der Waals surface area contributed by atoms with E-state index in [1.807, 2.05) is 0 Å². The zero-order chi connectivity index (χ0) is 11.6. The van der Waals surface area contributed by atoms with Crippen LogP contribution in [0.2, 0.25) is 0 Å². The Balaban J connectivity index is 2.68. The van der Waals surface area contributed by atoms with E-state index in [1.54, 1.807) is 0 Å². The van der Waals surface area contributed by atoms with Crippen molar-refractivity contribution >= 4 is 12.0 Å². The normalized spacial score (nSPS) is 25.2. The lowest BCUT2D eigenvalue weighted by Gasteiger charge is -2.22. The number of amides is 2. The summed E-state index contributed by atoms with van der Waals surface area (Å²) in [6, 6.07) is 0. The first-order valence-electron chi connectivity index (χ1n) is 4.39. The van der Waals surface area contributed by atoms with E-state index in [9.17, 15) is 18.5 Å². The van der Waals surface area contributed by atoms with Crippen LogP contribution < -0.4 is 0 Å². The third-order valence-electron chi connectivity index (χ3n) is 2.33. The average molecular weight is 222 g/mol. The van der Waals surface area contributed by atoms with Gasteiger partial charge < -0.3 is 9.80 Å². The van der Waals surface area contributed by atoms with E-state index in [0.717, 1.165) is 9.80 Å². The number of alkyl halides is 1. The number of carbonyl (C=O) groups excluding carboxylic acids is 2. The van der Waals surface area contributed by atoms with Gasteiger partial charge in [0.25, 0.3) is 5.91 Å². The van der Waals surface area contributed by atoms with Gasteiger partial charge in [-0.25, -0.2) is 14.1 Å². The molecule has 0 bridgehead atoms. The molecule has 0 spiro atoms. The van der Waals surface area contributed by atoms with Crippen LogP contribution in [0.5, 0.6) is 0 Å². The zero-order valence-electron chi connectivity index (χ0n) is 8.50. The van der Waals surface area contributed by atoms with Gasteiger partial charge in [0.1, 0.15) is 0 Å². The van der Waals surface area contributed by atoms with Crippen LogP contribution in [0.4, 0.5) is 13.7 Å². The summed E-state index contributed by atoms with van der Waals surface area (Å²) in [5.41, 5.74) is -2.13. The Kier molecular flexibility index (Phi) is 3.11. The van der Waals surface area contributed by atoms with Crippen molar-refractivity contribution in [3.63, 3.8) is 0 Å². The largest absolute Gasteiger partial charge is 0.447 e. The second kappa shape index (κ2) is 4.00. The Morgan fingerprint density at radius 2 is 2.07 bits per heavy atom. The van der Waals surface area contributed by atoms with Crippen molar-refractivity contribution in [2.24, 2.45) is 0 Å². The number of nitrogens with zero attached hydrogens (tertiary/aromatic N) is 2. The zero-order valence-corrected chi connectivity index (χ0v) is 8.50. The van der Waals surface area contributed by atoms with Crippen LogP contribution >= 0.6 is 0 Å². The fourth-order valence-electron chi connectivity index (χ4n) is 1.55. The van der Waals surface area contributed by atoms with Crippen LogP contribution in [0.25, 0.3) is 0 Å². The summed E-state index contributed by atoms with van der Waals surface area (Å²) in [6.07, 6.45) is -1.40. The molecule has 2 amide bonds. The molecule has 0 saturated carbocycles. The molecule has 5 nitrogen and oxygen atoms in total. The average Bonchev–Trinajstić information content (AvgIpc) is 2.59. The van der Waals surface area contributed by atoms with Crippen LogP contribution in [0.3, 0.4) is 0 Å². The van der Waals surface area contributed by atoms with Gasteiger partial charge in [-0.15, -0.1) is 0 Å². The van der Waals surface area contributed by atoms with Gasteiger partial charge in [0.2, 0.25) is 5.67 Å². The Hall–Kier alpha value is -1.40. The van der Waals surface area contributed by atoms with Gasteiger partial charge in [0.15, 0.2) is 0 Å². The number of hydrogen-bond acceptors (Lipinski definition) is 3. The summed E-state index contributed by atoms with van der Waals surface area (Å²) in [7, 11) is 2.83. The highest BCUT2D eigenvalue weighted by atomic mass is 19.3. The lowest BCUT2D eigenvalue weighted by atomic mass is 10.0. The molecule has 1 rings (SSSR count). The van der Waals surface area contributed by atoms with E-state index in [-0.39, 0.29) is 13.0 Å². The summed E-state index contributed by atoms with van der Waals surface area (Å²) in [4.78, 5) is 27.0. The van der Waals surface area contributed by atoms with E-state index in [4.69, 9.17) is 0 Å².